The van der Waals surface area contributed by atoms with E-state index in [1.165, 1.54) is 16.7 Å². The van der Waals surface area contributed by atoms with Gasteiger partial charge in [-0.1, -0.05) is 48.6 Å². The van der Waals surface area contributed by atoms with Crippen molar-refractivity contribution in [3.63, 3.8) is 0 Å². The normalized spacial score (nSPS) is 17.5. The summed E-state index contributed by atoms with van der Waals surface area (Å²) in [6, 6.07) is 19.1. The second kappa shape index (κ2) is 8.99. The summed E-state index contributed by atoms with van der Waals surface area (Å²) in [5.74, 6) is 0. The first-order valence-electron chi connectivity index (χ1n) is 12.6. The zero-order valence-electron chi connectivity index (χ0n) is 22.2. The molecule has 3 aromatic carbocycles. The lowest BCUT2D eigenvalue weighted by atomic mass is 9.76. The lowest BCUT2D eigenvalue weighted by Gasteiger charge is -2.32. The molecule has 4 nitrogen and oxygen atoms in total. The Morgan fingerprint density at radius 2 is 1.58 bits per heavy atom. The minimum absolute atomic E-state index is 0.405. The highest BCUT2D eigenvalue weighted by atomic mass is 16.7. The minimum atomic E-state index is -0.450. The molecule has 1 saturated heterocycles. The van der Waals surface area contributed by atoms with Gasteiger partial charge >= 0.3 is 7.12 Å². The molecule has 1 N–H and O–H groups in total. The Hall–Kier alpha value is -3.28. The molecule has 0 aliphatic carbocycles. The van der Waals surface area contributed by atoms with Crippen LogP contribution in [0.1, 0.15) is 45.7 Å². The standard InChI is InChI=1S/C31H34BNO3/c1-8-9-12-26(33-7)23-16-14-21(18-20(23)2)22-15-17-27-24(19-22)29-25(11-10-13-28(29)34-27)32-35-30(3,4)31(5,6)36-32/h8-19,33H,1-7H3/b9-8-,26-12-. The number of allylic oxidation sites excluding steroid dienone is 3. The Bertz CT molecular complexity index is 1490. The van der Waals surface area contributed by atoms with Gasteiger partial charge in [0.15, 0.2) is 0 Å². The van der Waals surface area contributed by atoms with Crippen molar-refractivity contribution >= 4 is 40.2 Å². The van der Waals surface area contributed by atoms with E-state index in [9.17, 15) is 0 Å². The van der Waals surface area contributed by atoms with E-state index in [1.807, 2.05) is 32.2 Å². The summed E-state index contributed by atoms with van der Waals surface area (Å²) in [6.45, 7) is 12.5. The number of benzene rings is 3. The van der Waals surface area contributed by atoms with E-state index >= 15 is 0 Å². The zero-order valence-corrected chi connectivity index (χ0v) is 22.2. The van der Waals surface area contributed by atoms with Crippen LogP contribution in [0.3, 0.4) is 0 Å². The van der Waals surface area contributed by atoms with Gasteiger partial charge in [0, 0.05) is 29.1 Å². The van der Waals surface area contributed by atoms with Gasteiger partial charge in [-0.3, -0.25) is 0 Å². The van der Waals surface area contributed by atoms with Crippen LogP contribution in [0.5, 0.6) is 0 Å². The fourth-order valence-corrected chi connectivity index (χ4v) is 4.85. The highest BCUT2D eigenvalue weighted by Gasteiger charge is 2.52. The average Bonchev–Trinajstić information content (AvgIpc) is 3.32. The molecular weight excluding hydrogens is 445 g/mol. The van der Waals surface area contributed by atoms with Crippen molar-refractivity contribution in [2.24, 2.45) is 0 Å². The Balaban J connectivity index is 1.60. The molecule has 1 aliphatic heterocycles. The first-order chi connectivity index (χ1) is 17.1. The van der Waals surface area contributed by atoms with Crippen LogP contribution in [0.15, 0.2) is 77.2 Å². The molecule has 0 saturated carbocycles. The van der Waals surface area contributed by atoms with Crippen molar-refractivity contribution in [2.45, 2.75) is 52.7 Å². The van der Waals surface area contributed by atoms with Gasteiger partial charge in [0.25, 0.3) is 0 Å². The van der Waals surface area contributed by atoms with Crippen LogP contribution in [-0.2, 0) is 9.31 Å². The molecule has 1 aliphatic rings. The molecule has 2 heterocycles. The summed E-state index contributed by atoms with van der Waals surface area (Å²) in [6.07, 6.45) is 6.18. The van der Waals surface area contributed by atoms with E-state index in [0.29, 0.717) is 0 Å². The molecule has 0 spiro atoms. The fraction of sp³-hybridized carbons (Fsp3) is 0.290. The number of furan rings is 1. The van der Waals surface area contributed by atoms with Crippen molar-refractivity contribution in [3.05, 3.63) is 84.0 Å². The molecule has 1 fully saturated rings. The Morgan fingerprint density at radius 1 is 0.889 bits per heavy atom. The molecule has 184 valence electrons. The first kappa shape index (κ1) is 24.4. The summed E-state index contributed by atoms with van der Waals surface area (Å²) in [5, 5.41) is 5.43. The Labute approximate surface area is 214 Å². The number of fused-ring (bicyclic) bond motifs is 3. The van der Waals surface area contributed by atoms with E-state index in [4.69, 9.17) is 13.7 Å². The van der Waals surface area contributed by atoms with Gasteiger partial charge in [-0.05, 0) is 88.0 Å². The van der Waals surface area contributed by atoms with E-state index in [2.05, 4.69) is 94.6 Å². The van der Waals surface area contributed by atoms with Gasteiger partial charge in [-0.2, -0.15) is 0 Å². The van der Waals surface area contributed by atoms with Crippen LogP contribution < -0.4 is 10.8 Å². The van der Waals surface area contributed by atoms with E-state index < -0.39 is 18.3 Å². The van der Waals surface area contributed by atoms with Gasteiger partial charge in [-0.25, -0.2) is 0 Å². The van der Waals surface area contributed by atoms with E-state index in [0.717, 1.165) is 38.7 Å². The highest BCUT2D eigenvalue weighted by Crippen LogP contribution is 2.38. The second-order valence-electron chi connectivity index (χ2n) is 10.5. The zero-order chi connectivity index (χ0) is 25.7. The van der Waals surface area contributed by atoms with E-state index in [1.54, 1.807) is 0 Å². The fourth-order valence-electron chi connectivity index (χ4n) is 4.85. The molecule has 4 aromatic rings. The Kier molecular flexibility index (Phi) is 6.10. The molecule has 0 amide bonds. The molecule has 5 rings (SSSR count). The number of rotatable bonds is 5. The molecule has 36 heavy (non-hydrogen) atoms. The lowest BCUT2D eigenvalue weighted by Crippen LogP contribution is -2.41. The molecule has 0 radical (unpaired) electrons. The number of hydrogen-bond acceptors (Lipinski definition) is 4. The molecule has 5 heteroatoms. The topological polar surface area (TPSA) is 43.6 Å². The van der Waals surface area contributed by atoms with Crippen molar-refractivity contribution in [1.82, 2.24) is 5.32 Å². The predicted molar refractivity (Wildman–Crippen MR) is 151 cm³/mol. The van der Waals surface area contributed by atoms with Gasteiger partial charge in [0.1, 0.15) is 11.2 Å². The van der Waals surface area contributed by atoms with Crippen LogP contribution in [0, 0.1) is 6.92 Å². The Morgan fingerprint density at radius 3 is 2.25 bits per heavy atom. The minimum Gasteiger partial charge on any atom is -0.456 e. The predicted octanol–water partition coefficient (Wildman–Crippen LogP) is 7.00. The SMILES string of the molecule is C/C=C\C=C(/NC)c1ccc(-c2ccc3oc4cccc(B5OC(C)(C)C(C)(C)O5)c4c3c2)cc1C. The maximum Gasteiger partial charge on any atom is 0.495 e. The van der Waals surface area contributed by atoms with Gasteiger partial charge in [0.2, 0.25) is 0 Å². The monoisotopic (exact) mass is 479 g/mol. The molecule has 0 bridgehead atoms. The lowest BCUT2D eigenvalue weighted by molar-refractivity contribution is 0.00578. The molecule has 1 aromatic heterocycles. The maximum absolute atomic E-state index is 6.40. The number of hydrogen-bond donors (Lipinski definition) is 1. The summed E-state index contributed by atoms with van der Waals surface area (Å²) in [7, 11) is 1.51. The quantitative estimate of drug-likeness (QED) is 0.247. The van der Waals surface area contributed by atoms with Gasteiger partial charge < -0.3 is 19.0 Å². The van der Waals surface area contributed by atoms with Gasteiger partial charge in [0.05, 0.1) is 11.2 Å². The summed E-state index contributed by atoms with van der Waals surface area (Å²) >= 11 is 0. The number of nitrogens with one attached hydrogen (secondary N) is 1. The van der Waals surface area contributed by atoms with Crippen molar-refractivity contribution in [1.29, 1.82) is 0 Å². The average molecular weight is 479 g/mol. The van der Waals surface area contributed by atoms with Crippen LogP contribution in [0.4, 0.5) is 0 Å². The molecular formula is C31H34BNO3. The summed E-state index contributed by atoms with van der Waals surface area (Å²) in [4.78, 5) is 0. The maximum atomic E-state index is 6.40. The first-order valence-corrected chi connectivity index (χ1v) is 12.6. The van der Waals surface area contributed by atoms with Crippen molar-refractivity contribution < 1.29 is 13.7 Å². The number of aryl methyl sites for hydroxylation is 1. The van der Waals surface area contributed by atoms with Crippen LogP contribution in [-0.4, -0.2) is 25.4 Å². The molecule has 0 unspecified atom stereocenters. The van der Waals surface area contributed by atoms with Crippen LogP contribution >= 0.6 is 0 Å². The summed E-state index contributed by atoms with van der Waals surface area (Å²) < 4.78 is 19.0. The van der Waals surface area contributed by atoms with Gasteiger partial charge in [-0.15, -0.1) is 0 Å². The van der Waals surface area contributed by atoms with Crippen LogP contribution in [0.25, 0.3) is 38.8 Å². The molecule has 0 atom stereocenters. The van der Waals surface area contributed by atoms with Crippen molar-refractivity contribution in [2.75, 3.05) is 7.05 Å². The third-order valence-electron chi connectivity index (χ3n) is 7.61. The second-order valence-corrected chi connectivity index (χ2v) is 10.5. The van der Waals surface area contributed by atoms with Crippen LogP contribution in [0.2, 0.25) is 0 Å². The third-order valence-corrected chi connectivity index (χ3v) is 7.61. The summed E-state index contributed by atoms with van der Waals surface area (Å²) in [5.41, 5.74) is 7.71. The van der Waals surface area contributed by atoms with E-state index in [-0.39, 0.29) is 0 Å². The largest absolute Gasteiger partial charge is 0.495 e. The smallest absolute Gasteiger partial charge is 0.456 e. The third kappa shape index (κ3) is 4.06. The van der Waals surface area contributed by atoms with Crippen molar-refractivity contribution in [3.8, 4) is 11.1 Å². The highest BCUT2D eigenvalue weighted by molar-refractivity contribution is 6.66.